The number of hydrogen-bond acceptors (Lipinski definition) is 2. The average molecular weight is 314 g/mol. The van der Waals surface area contributed by atoms with Crippen molar-refractivity contribution in [1.82, 2.24) is 4.90 Å². The second kappa shape index (κ2) is 9.51. The Balaban J connectivity index is 1.90. The lowest BCUT2D eigenvalue weighted by atomic mass is 10.0. The highest BCUT2D eigenvalue weighted by molar-refractivity contribution is 5.93. The van der Waals surface area contributed by atoms with Crippen molar-refractivity contribution in [3.63, 3.8) is 0 Å². The molecule has 3 nitrogen and oxygen atoms in total. The van der Waals surface area contributed by atoms with E-state index in [0.29, 0.717) is 12.5 Å². The molecule has 1 saturated heterocycles. The van der Waals surface area contributed by atoms with Crippen LogP contribution < -0.4 is 4.90 Å². The number of rotatable bonds is 8. The van der Waals surface area contributed by atoms with Gasteiger partial charge in [-0.05, 0) is 50.8 Å². The Hall–Kier alpha value is -1.61. The third-order valence-corrected chi connectivity index (χ3v) is 4.66. The van der Waals surface area contributed by atoms with Gasteiger partial charge in [0, 0.05) is 31.2 Å². The number of allylic oxidation sites excluding steroid dienone is 1. The molecule has 0 atom stereocenters. The minimum Gasteiger partial charge on any atom is -0.309 e. The van der Waals surface area contributed by atoms with Gasteiger partial charge in [0.15, 0.2) is 0 Å². The first-order valence-corrected chi connectivity index (χ1v) is 8.96. The number of nitrogens with zero attached hydrogens (tertiary/aromatic N) is 2. The van der Waals surface area contributed by atoms with E-state index in [1.165, 1.54) is 19.4 Å². The first kappa shape index (κ1) is 17.7. The number of amides is 1. The Morgan fingerprint density at radius 1 is 1.26 bits per heavy atom. The second-order valence-corrected chi connectivity index (χ2v) is 6.31. The smallest absolute Gasteiger partial charge is 0.226 e. The van der Waals surface area contributed by atoms with Crippen molar-refractivity contribution >= 4 is 11.6 Å². The molecule has 0 radical (unpaired) electrons. The summed E-state index contributed by atoms with van der Waals surface area (Å²) in [5, 5.41) is 0. The van der Waals surface area contributed by atoms with Crippen LogP contribution in [0.25, 0.3) is 0 Å². The van der Waals surface area contributed by atoms with E-state index in [1.807, 2.05) is 36.1 Å². The molecule has 1 aromatic carbocycles. The van der Waals surface area contributed by atoms with Gasteiger partial charge in [-0.3, -0.25) is 4.79 Å². The molecule has 2 rings (SSSR count). The number of likely N-dealkylation sites (tertiary alicyclic amines) is 1. The van der Waals surface area contributed by atoms with Crippen LogP contribution >= 0.6 is 0 Å². The van der Waals surface area contributed by atoms with Crippen molar-refractivity contribution in [2.45, 2.75) is 51.5 Å². The van der Waals surface area contributed by atoms with Crippen LogP contribution in [0.4, 0.5) is 5.69 Å². The molecule has 0 unspecified atom stereocenters. The van der Waals surface area contributed by atoms with Crippen LogP contribution in [0.15, 0.2) is 43.0 Å². The Kier molecular flexibility index (Phi) is 7.34. The maximum absolute atomic E-state index is 12.4. The van der Waals surface area contributed by atoms with Crippen LogP contribution in [-0.4, -0.2) is 36.5 Å². The molecule has 1 fully saturated rings. The van der Waals surface area contributed by atoms with Gasteiger partial charge in [0.05, 0.1) is 0 Å². The molecule has 1 amide bonds. The van der Waals surface area contributed by atoms with Gasteiger partial charge >= 0.3 is 0 Å². The summed E-state index contributed by atoms with van der Waals surface area (Å²) in [6.07, 6.45) is 8.30. The van der Waals surface area contributed by atoms with Crippen molar-refractivity contribution in [2.75, 3.05) is 24.5 Å². The first-order chi connectivity index (χ1) is 11.3. The van der Waals surface area contributed by atoms with Gasteiger partial charge in [0.25, 0.3) is 0 Å². The SMILES string of the molecule is C=CCCCCN1CCC(N(C(=O)CC)c2ccccc2)CC1. The Bertz CT molecular complexity index is 478. The Morgan fingerprint density at radius 2 is 1.96 bits per heavy atom. The molecule has 0 N–H and O–H groups in total. The molecular formula is C20H30N2O. The average Bonchev–Trinajstić information content (AvgIpc) is 2.61. The molecule has 1 aliphatic heterocycles. The topological polar surface area (TPSA) is 23.6 Å². The number of unbranched alkanes of at least 4 members (excludes halogenated alkanes) is 2. The summed E-state index contributed by atoms with van der Waals surface area (Å²) in [4.78, 5) is 17.0. The molecule has 0 aliphatic carbocycles. The van der Waals surface area contributed by atoms with E-state index in [0.717, 1.165) is 38.0 Å². The number of carbonyl (C=O) groups is 1. The van der Waals surface area contributed by atoms with E-state index in [4.69, 9.17) is 0 Å². The zero-order valence-electron chi connectivity index (χ0n) is 14.4. The Morgan fingerprint density at radius 3 is 2.57 bits per heavy atom. The molecule has 23 heavy (non-hydrogen) atoms. The van der Waals surface area contributed by atoms with Gasteiger partial charge in [-0.15, -0.1) is 6.58 Å². The van der Waals surface area contributed by atoms with Crippen molar-refractivity contribution < 1.29 is 4.79 Å². The van der Waals surface area contributed by atoms with Gasteiger partial charge in [0.2, 0.25) is 5.91 Å². The van der Waals surface area contributed by atoms with Crippen molar-refractivity contribution in [1.29, 1.82) is 0 Å². The number of para-hydroxylation sites is 1. The summed E-state index contributed by atoms with van der Waals surface area (Å²) in [6.45, 7) is 9.09. The van der Waals surface area contributed by atoms with E-state index >= 15 is 0 Å². The molecule has 3 heteroatoms. The van der Waals surface area contributed by atoms with Crippen LogP contribution in [-0.2, 0) is 4.79 Å². The van der Waals surface area contributed by atoms with E-state index in [9.17, 15) is 4.79 Å². The number of hydrogen-bond donors (Lipinski definition) is 0. The van der Waals surface area contributed by atoms with E-state index in [2.05, 4.69) is 23.6 Å². The van der Waals surface area contributed by atoms with Crippen LogP contribution in [0.2, 0.25) is 0 Å². The van der Waals surface area contributed by atoms with Crippen molar-refractivity contribution in [3.8, 4) is 0 Å². The van der Waals surface area contributed by atoms with Gasteiger partial charge in [-0.2, -0.15) is 0 Å². The third kappa shape index (κ3) is 5.21. The number of benzene rings is 1. The standard InChI is InChI=1S/C20H30N2O/c1-3-5-6-10-15-21-16-13-19(14-17-21)22(20(23)4-2)18-11-8-7-9-12-18/h3,7-9,11-12,19H,1,4-6,10,13-17H2,2H3. The Labute approximate surface area is 141 Å². The summed E-state index contributed by atoms with van der Waals surface area (Å²) in [7, 11) is 0. The van der Waals surface area contributed by atoms with Crippen LogP contribution in [0.5, 0.6) is 0 Å². The number of piperidine rings is 1. The van der Waals surface area contributed by atoms with Gasteiger partial charge in [-0.1, -0.05) is 31.2 Å². The van der Waals surface area contributed by atoms with E-state index in [1.54, 1.807) is 0 Å². The molecule has 1 aliphatic rings. The minimum atomic E-state index is 0.237. The summed E-state index contributed by atoms with van der Waals surface area (Å²) >= 11 is 0. The third-order valence-electron chi connectivity index (χ3n) is 4.66. The summed E-state index contributed by atoms with van der Waals surface area (Å²) in [5.74, 6) is 0.237. The minimum absolute atomic E-state index is 0.237. The predicted octanol–water partition coefficient (Wildman–Crippen LogP) is 4.25. The molecule has 0 spiro atoms. The number of carbonyl (C=O) groups excluding carboxylic acids is 1. The fourth-order valence-electron chi connectivity index (χ4n) is 3.34. The highest BCUT2D eigenvalue weighted by atomic mass is 16.2. The lowest BCUT2D eigenvalue weighted by molar-refractivity contribution is -0.119. The lowest BCUT2D eigenvalue weighted by Crippen LogP contribution is -2.47. The van der Waals surface area contributed by atoms with Crippen LogP contribution in [0, 0.1) is 0 Å². The van der Waals surface area contributed by atoms with Gasteiger partial charge in [0.1, 0.15) is 0 Å². The molecule has 1 aromatic rings. The van der Waals surface area contributed by atoms with Crippen LogP contribution in [0.1, 0.15) is 45.4 Å². The zero-order chi connectivity index (χ0) is 16.5. The molecule has 126 valence electrons. The van der Waals surface area contributed by atoms with Crippen molar-refractivity contribution in [2.24, 2.45) is 0 Å². The van der Waals surface area contributed by atoms with Gasteiger partial charge < -0.3 is 9.80 Å². The second-order valence-electron chi connectivity index (χ2n) is 6.31. The fraction of sp³-hybridized carbons (Fsp3) is 0.550. The maximum Gasteiger partial charge on any atom is 0.226 e. The molecular weight excluding hydrogens is 284 g/mol. The fourth-order valence-corrected chi connectivity index (χ4v) is 3.34. The highest BCUT2D eigenvalue weighted by Crippen LogP contribution is 2.24. The summed E-state index contributed by atoms with van der Waals surface area (Å²) in [5.41, 5.74) is 1.05. The normalized spacial score (nSPS) is 16.2. The van der Waals surface area contributed by atoms with Gasteiger partial charge in [-0.25, -0.2) is 0 Å². The lowest BCUT2D eigenvalue weighted by Gasteiger charge is -2.38. The summed E-state index contributed by atoms with van der Waals surface area (Å²) < 4.78 is 0. The van der Waals surface area contributed by atoms with Crippen LogP contribution in [0.3, 0.4) is 0 Å². The van der Waals surface area contributed by atoms with E-state index < -0.39 is 0 Å². The maximum atomic E-state index is 12.4. The highest BCUT2D eigenvalue weighted by Gasteiger charge is 2.27. The van der Waals surface area contributed by atoms with Crippen molar-refractivity contribution in [3.05, 3.63) is 43.0 Å². The molecule has 0 aromatic heterocycles. The molecule has 0 saturated carbocycles. The molecule has 1 heterocycles. The quantitative estimate of drug-likeness (QED) is 0.529. The summed E-state index contributed by atoms with van der Waals surface area (Å²) in [6, 6.07) is 10.5. The largest absolute Gasteiger partial charge is 0.309 e. The van der Waals surface area contributed by atoms with E-state index in [-0.39, 0.29) is 5.91 Å². The molecule has 0 bridgehead atoms. The first-order valence-electron chi connectivity index (χ1n) is 8.96. The zero-order valence-corrected chi connectivity index (χ0v) is 14.4. The predicted molar refractivity (Wildman–Crippen MR) is 97.7 cm³/mol. The number of anilines is 1. The monoisotopic (exact) mass is 314 g/mol.